The second-order valence-electron chi connectivity index (χ2n) is 9.42. The van der Waals surface area contributed by atoms with Gasteiger partial charge in [0, 0.05) is 24.1 Å². The van der Waals surface area contributed by atoms with E-state index in [1.165, 1.54) is 0 Å². The van der Waals surface area contributed by atoms with E-state index in [-0.39, 0.29) is 19.2 Å². The Kier molecular flexibility index (Phi) is 6.04. The lowest BCUT2D eigenvalue weighted by Crippen LogP contribution is -2.43. The Bertz CT molecular complexity index is 1370. The molecular weight excluding hydrogens is 458 g/mol. The number of urea groups is 1. The Morgan fingerprint density at radius 2 is 1.94 bits per heavy atom. The monoisotopic (exact) mass is 487 g/mol. The van der Waals surface area contributed by atoms with Gasteiger partial charge in [-0.1, -0.05) is 36.4 Å². The van der Waals surface area contributed by atoms with Crippen LogP contribution in [0.1, 0.15) is 37.5 Å². The summed E-state index contributed by atoms with van der Waals surface area (Å²) in [7, 11) is 0. The molecular formula is C28H29N3O5. The highest BCUT2D eigenvalue weighted by Gasteiger charge is 2.49. The van der Waals surface area contributed by atoms with Crippen molar-refractivity contribution in [2.45, 2.75) is 45.4 Å². The molecule has 8 nitrogen and oxygen atoms in total. The van der Waals surface area contributed by atoms with Gasteiger partial charge < -0.3 is 20.1 Å². The van der Waals surface area contributed by atoms with Crippen molar-refractivity contribution >= 4 is 28.6 Å². The lowest BCUT2D eigenvalue weighted by molar-refractivity contribution is -0.134. The van der Waals surface area contributed by atoms with E-state index in [0.717, 1.165) is 39.0 Å². The van der Waals surface area contributed by atoms with Gasteiger partial charge in [-0.2, -0.15) is 0 Å². The molecule has 2 atom stereocenters. The van der Waals surface area contributed by atoms with E-state index in [1.54, 1.807) is 6.92 Å². The van der Waals surface area contributed by atoms with Crippen molar-refractivity contribution in [2.24, 2.45) is 0 Å². The SMILES string of the molecule is CCOc1cc2c(cc1CNC(=O)CN1C(=O)N[C@](C)(c3ccc4ccccc4c3)C1=O)O[C@H](C)C2. The molecule has 2 heterocycles. The first-order valence-corrected chi connectivity index (χ1v) is 12.1. The molecule has 3 aromatic carbocycles. The van der Waals surface area contributed by atoms with Crippen LogP contribution in [0, 0.1) is 0 Å². The highest BCUT2D eigenvalue weighted by Crippen LogP contribution is 2.35. The maximum atomic E-state index is 13.3. The first-order chi connectivity index (χ1) is 17.3. The first kappa shape index (κ1) is 23.7. The maximum Gasteiger partial charge on any atom is 0.325 e. The molecule has 0 spiro atoms. The van der Waals surface area contributed by atoms with Gasteiger partial charge in [-0.05, 0) is 55.3 Å². The minimum absolute atomic E-state index is 0.0934. The van der Waals surface area contributed by atoms with Gasteiger partial charge in [0.2, 0.25) is 5.91 Å². The number of carbonyl (C=O) groups is 3. The third-order valence-corrected chi connectivity index (χ3v) is 6.76. The minimum Gasteiger partial charge on any atom is -0.494 e. The van der Waals surface area contributed by atoms with Crippen LogP contribution in [0.4, 0.5) is 4.79 Å². The fourth-order valence-electron chi connectivity index (χ4n) is 4.84. The van der Waals surface area contributed by atoms with Gasteiger partial charge in [0.15, 0.2) is 0 Å². The summed E-state index contributed by atoms with van der Waals surface area (Å²) in [5.74, 6) is 0.565. The molecule has 0 radical (unpaired) electrons. The predicted octanol–water partition coefficient (Wildman–Crippen LogP) is 3.65. The van der Waals surface area contributed by atoms with Crippen molar-refractivity contribution < 1.29 is 23.9 Å². The van der Waals surface area contributed by atoms with E-state index in [2.05, 4.69) is 10.6 Å². The number of amides is 4. The Balaban J connectivity index is 1.28. The van der Waals surface area contributed by atoms with E-state index in [4.69, 9.17) is 9.47 Å². The van der Waals surface area contributed by atoms with E-state index >= 15 is 0 Å². The molecule has 2 aliphatic heterocycles. The van der Waals surface area contributed by atoms with Gasteiger partial charge in [0.25, 0.3) is 5.91 Å². The van der Waals surface area contributed by atoms with Crippen molar-refractivity contribution in [3.63, 3.8) is 0 Å². The quantitative estimate of drug-likeness (QED) is 0.496. The first-order valence-electron chi connectivity index (χ1n) is 12.1. The van der Waals surface area contributed by atoms with Gasteiger partial charge in [-0.3, -0.25) is 14.5 Å². The second kappa shape index (κ2) is 9.18. The highest BCUT2D eigenvalue weighted by atomic mass is 16.5. The predicted molar refractivity (Wildman–Crippen MR) is 135 cm³/mol. The van der Waals surface area contributed by atoms with Crippen LogP contribution in [-0.2, 0) is 28.1 Å². The van der Waals surface area contributed by atoms with Crippen molar-refractivity contribution in [1.29, 1.82) is 0 Å². The van der Waals surface area contributed by atoms with Crippen LogP contribution < -0.4 is 20.1 Å². The van der Waals surface area contributed by atoms with E-state index < -0.39 is 23.4 Å². The van der Waals surface area contributed by atoms with Crippen LogP contribution in [0.15, 0.2) is 54.6 Å². The number of fused-ring (bicyclic) bond motifs is 2. The number of ether oxygens (including phenoxy) is 2. The van der Waals surface area contributed by atoms with E-state index in [1.807, 2.05) is 68.4 Å². The molecule has 1 saturated heterocycles. The van der Waals surface area contributed by atoms with E-state index in [0.29, 0.717) is 17.9 Å². The van der Waals surface area contributed by atoms with Gasteiger partial charge in [0.1, 0.15) is 29.7 Å². The zero-order valence-corrected chi connectivity index (χ0v) is 20.6. The Labute approximate surface area is 209 Å². The smallest absolute Gasteiger partial charge is 0.325 e. The molecule has 0 bridgehead atoms. The number of benzene rings is 3. The number of imide groups is 1. The summed E-state index contributed by atoms with van der Waals surface area (Å²) in [5, 5.41) is 7.58. The van der Waals surface area contributed by atoms with Gasteiger partial charge in [0.05, 0.1) is 6.61 Å². The summed E-state index contributed by atoms with van der Waals surface area (Å²) in [6, 6.07) is 16.7. The second-order valence-corrected chi connectivity index (χ2v) is 9.42. The molecule has 3 aromatic rings. The largest absolute Gasteiger partial charge is 0.494 e. The van der Waals surface area contributed by atoms with Gasteiger partial charge in [-0.25, -0.2) is 4.79 Å². The Hall–Kier alpha value is -4.07. The van der Waals surface area contributed by atoms with Crippen LogP contribution >= 0.6 is 0 Å². The molecule has 5 rings (SSSR count). The molecule has 4 amide bonds. The molecule has 8 heteroatoms. The number of nitrogens with one attached hydrogen (secondary N) is 2. The molecule has 186 valence electrons. The molecule has 0 saturated carbocycles. The number of hydrogen-bond donors (Lipinski definition) is 2. The number of rotatable bonds is 7. The summed E-state index contributed by atoms with van der Waals surface area (Å²) < 4.78 is 11.6. The van der Waals surface area contributed by atoms with Crippen molar-refractivity contribution in [3.8, 4) is 11.5 Å². The van der Waals surface area contributed by atoms with Crippen LogP contribution in [0.25, 0.3) is 10.8 Å². The number of hydrogen-bond acceptors (Lipinski definition) is 5. The lowest BCUT2D eigenvalue weighted by Gasteiger charge is -2.22. The average molecular weight is 488 g/mol. The molecule has 2 aliphatic rings. The zero-order valence-electron chi connectivity index (χ0n) is 20.6. The Morgan fingerprint density at radius 1 is 1.17 bits per heavy atom. The molecule has 0 aliphatic carbocycles. The average Bonchev–Trinajstić information content (AvgIpc) is 3.33. The fraction of sp³-hybridized carbons (Fsp3) is 0.321. The molecule has 2 N–H and O–H groups in total. The van der Waals surface area contributed by atoms with Crippen LogP contribution in [0.3, 0.4) is 0 Å². The third kappa shape index (κ3) is 4.23. The highest BCUT2D eigenvalue weighted by molar-refractivity contribution is 6.09. The Morgan fingerprint density at radius 3 is 2.72 bits per heavy atom. The van der Waals surface area contributed by atoms with E-state index in [9.17, 15) is 14.4 Å². The summed E-state index contributed by atoms with van der Waals surface area (Å²) in [5.41, 5.74) is 1.26. The van der Waals surface area contributed by atoms with Crippen LogP contribution in [0.5, 0.6) is 11.5 Å². The summed E-state index contributed by atoms with van der Waals surface area (Å²) >= 11 is 0. The van der Waals surface area contributed by atoms with Crippen molar-refractivity contribution in [2.75, 3.05) is 13.2 Å². The topological polar surface area (TPSA) is 97.0 Å². The fourth-order valence-corrected chi connectivity index (χ4v) is 4.84. The standard InChI is InChI=1S/C28H29N3O5/c1-4-35-23-13-20-11-17(2)36-24(20)14-21(23)15-29-25(32)16-31-26(33)28(3,30-27(31)34)22-10-9-18-7-5-6-8-19(18)12-22/h5-10,12-14,17H,4,11,15-16H2,1-3H3,(H,29,32)(H,30,34)/t17-,28-/m1/s1. The molecule has 36 heavy (non-hydrogen) atoms. The summed E-state index contributed by atoms with van der Waals surface area (Å²) in [6.07, 6.45) is 0.903. The summed E-state index contributed by atoms with van der Waals surface area (Å²) in [6.45, 7) is 5.87. The zero-order chi connectivity index (χ0) is 25.4. The lowest BCUT2D eigenvalue weighted by atomic mass is 9.90. The van der Waals surface area contributed by atoms with Crippen molar-refractivity contribution in [3.05, 3.63) is 71.3 Å². The molecule has 0 aromatic heterocycles. The number of carbonyl (C=O) groups excluding carboxylic acids is 3. The molecule has 0 unspecified atom stereocenters. The van der Waals surface area contributed by atoms with Gasteiger partial charge in [-0.15, -0.1) is 0 Å². The van der Waals surface area contributed by atoms with Gasteiger partial charge >= 0.3 is 6.03 Å². The maximum absolute atomic E-state index is 13.3. The summed E-state index contributed by atoms with van der Waals surface area (Å²) in [4.78, 5) is 39.8. The molecule has 1 fully saturated rings. The van der Waals surface area contributed by atoms with Crippen molar-refractivity contribution in [1.82, 2.24) is 15.5 Å². The normalized spacial score (nSPS) is 20.8. The number of nitrogens with zero attached hydrogens (tertiary/aromatic N) is 1. The minimum atomic E-state index is -1.25. The van der Waals surface area contributed by atoms with Crippen LogP contribution in [0.2, 0.25) is 0 Å². The third-order valence-electron chi connectivity index (χ3n) is 6.76. The van der Waals surface area contributed by atoms with Crippen LogP contribution in [-0.4, -0.2) is 42.0 Å².